The van der Waals surface area contributed by atoms with Gasteiger partial charge in [-0.3, -0.25) is 0 Å². The largest absolute Gasteiger partial charge is 0.380 e. The van der Waals surface area contributed by atoms with E-state index in [-0.39, 0.29) is 6.54 Å². The highest BCUT2D eigenvalue weighted by Gasteiger charge is 2.06. The maximum Gasteiger partial charge on any atom is 0.131 e. The quantitative estimate of drug-likeness (QED) is 0.918. The Morgan fingerprint density at radius 2 is 1.95 bits per heavy atom. The number of nitrogens with one attached hydrogen (secondary N) is 1. The molecule has 0 aliphatic heterocycles. The Morgan fingerprint density at radius 1 is 1.16 bits per heavy atom. The zero-order chi connectivity index (χ0) is 13.8. The van der Waals surface area contributed by atoms with Gasteiger partial charge in [-0.15, -0.1) is 0 Å². The van der Waals surface area contributed by atoms with Gasteiger partial charge in [-0.25, -0.2) is 8.78 Å². The van der Waals surface area contributed by atoms with Crippen LogP contribution in [-0.2, 0) is 6.54 Å². The Kier molecular flexibility index (Phi) is 4.13. The lowest BCUT2D eigenvalue weighted by Gasteiger charge is -2.09. The van der Waals surface area contributed by atoms with E-state index >= 15 is 0 Å². The van der Waals surface area contributed by atoms with Crippen LogP contribution < -0.4 is 5.32 Å². The smallest absolute Gasteiger partial charge is 0.131 e. The number of benzene rings is 2. The number of anilines is 1. The summed E-state index contributed by atoms with van der Waals surface area (Å²) in [4.78, 5) is 0. The van der Waals surface area contributed by atoms with Crippen LogP contribution in [0.2, 0.25) is 0 Å². The van der Waals surface area contributed by atoms with Crippen LogP contribution in [0.3, 0.4) is 0 Å². The fourth-order valence-electron chi connectivity index (χ4n) is 1.62. The average Bonchev–Trinajstić information content (AvgIpc) is 2.39. The Bertz CT molecular complexity index is 650. The van der Waals surface area contributed by atoms with Gasteiger partial charge in [0.1, 0.15) is 17.7 Å². The number of nitrogens with zero attached hydrogens (tertiary/aromatic N) is 1. The standard InChI is InChI=1S/C14H9BrF2N2/c15-11-2-4-14(10(5-11)7-18)19-8-9-1-3-12(16)6-13(9)17/h1-6,19H,8H2. The third kappa shape index (κ3) is 3.30. The van der Waals surface area contributed by atoms with Crippen molar-refractivity contribution >= 4 is 21.6 Å². The normalized spacial score (nSPS) is 10.0. The molecular formula is C14H9BrF2N2. The second-order valence-electron chi connectivity index (χ2n) is 3.89. The van der Waals surface area contributed by atoms with E-state index in [0.29, 0.717) is 16.8 Å². The van der Waals surface area contributed by atoms with Crippen LogP contribution in [0.25, 0.3) is 0 Å². The van der Waals surface area contributed by atoms with Crippen LogP contribution in [-0.4, -0.2) is 0 Å². The third-order valence-corrected chi connectivity index (χ3v) is 3.08. The van der Waals surface area contributed by atoms with Crippen LogP contribution in [0.1, 0.15) is 11.1 Å². The van der Waals surface area contributed by atoms with Crippen LogP contribution in [0.4, 0.5) is 14.5 Å². The van der Waals surface area contributed by atoms with Gasteiger partial charge < -0.3 is 5.32 Å². The molecule has 0 aliphatic rings. The maximum absolute atomic E-state index is 13.4. The molecule has 0 amide bonds. The van der Waals surface area contributed by atoms with E-state index in [9.17, 15) is 8.78 Å². The first-order valence-corrected chi connectivity index (χ1v) is 6.27. The monoisotopic (exact) mass is 322 g/mol. The highest BCUT2D eigenvalue weighted by Crippen LogP contribution is 2.21. The molecule has 0 aliphatic carbocycles. The summed E-state index contributed by atoms with van der Waals surface area (Å²) in [7, 11) is 0. The van der Waals surface area contributed by atoms with Gasteiger partial charge in [0.05, 0.1) is 11.3 Å². The number of hydrogen-bond acceptors (Lipinski definition) is 2. The summed E-state index contributed by atoms with van der Waals surface area (Å²) in [6, 6.07) is 10.6. The second kappa shape index (κ2) is 5.81. The Morgan fingerprint density at radius 3 is 2.63 bits per heavy atom. The molecule has 0 spiro atoms. The lowest BCUT2D eigenvalue weighted by molar-refractivity contribution is 0.574. The second-order valence-corrected chi connectivity index (χ2v) is 4.81. The SMILES string of the molecule is N#Cc1cc(Br)ccc1NCc1ccc(F)cc1F. The van der Waals surface area contributed by atoms with E-state index in [0.717, 1.165) is 10.5 Å². The first-order chi connectivity index (χ1) is 9.10. The molecule has 2 aromatic carbocycles. The average molecular weight is 323 g/mol. The van der Waals surface area contributed by atoms with Crippen molar-refractivity contribution in [2.45, 2.75) is 6.54 Å². The fraction of sp³-hybridized carbons (Fsp3) is 0.0714. The number of hydrogen-bond donors (Lipinski definition) is 1. The molecular weight excluding hydrogens is 314 g/mol. The molecule has 0 unspecified atom stereocenters. The van der Waals surface area contributed by atoms with Crippen molar-refractivity contribution in [3.05, 3.63) is 63.6 Å². The van der Waals surface area contributed by atoms with Crippen molar-refractivity contribution in [3.63, 3.8) is 0 Å². The van der Waals surface area contributed by atoms with E-state index in [1.807, 2.05) is 0 Å². The summed E-state index contributed by atoms with van der Waals surface area (Å²) in [5.41, 5.74) is 1.40. The van der Waals surface area contributed by atoms with Crippen molar-refractivity contribution in [2.75, 3.05) is 5.32 Å². The van der Waals surface area contributed by atoms with Crippen molar-refractivity contribution < 1.29 is 8.78 Å². The minimum atomic E-state index is -0.609. The molecule has 2 rings (SSSR count). The highest BCUT2D eigenvalue weighted by atomic mass is 79.9. The third-order valence-electron chi connectivity index (χ3n) is 2.59. The van der Waals surface area contributed by atoms with E-state index in [1.165, 1.54) is 12.1 Å². The molecule has 19 heavy (non-hydrogen) atoms. The molecule has 2 nitrogen and oxygen atoms in total. The summed E-state index contributed by atoms with van der Waals surface area (Å²) < 4.78 is 27.0. The lowest BCUT2D eigenvalue weighted by atomic mass is 10.1. The molecule has 2 aromatic rings. The van der Waals surface area contributed by atoms with Gasteiger partial charge >= 0.3 is 0 Å². The Hall–Kier alpha value is -1.93. The zero-order valence-electron chi connectivity index (χ0n) is 9.75. The summed E-state index contributed by atoms with van der Waals surface area (Å²) in [6.07, 6.45) is 0. The fourth-order valence-corrected chi connectivity index (χ4v) is 1.98. The summed E-state index contributed by atoms with van der Waals surface area (Å²) >= 11 is 3.27. The molecule has 0 atom stereocenters. The molecule has 0 fully saturated rings. The van der Waals surface area contributed by atoms with Gasteiger partial charge in [-0.05, 0) is 24.3 Å². The summed E-state index contributed by atoms with van der Waals surface area (Å²) in [6.45, 7) is 0.183. The van der Waals surface area contributed by atoms with Gasteiger partial charge in [-0.2, -0.15) is 5.26 Å². The molecule has 0 radical (unpaired) electrons. The summed E-state index contributed by atoms with van der Waals surface area (Å²) in [5, 5.41) is 12.0. The minimum absolute atomic E-state index is 0.183. The van der Waals surface area contributed by atoms with Crippen molar-refractivity contribution in [1.82, 2.24) is 0 Å². The summed E-state index contributed by atoms with van der Waals surface area (Å²) in [5.74, 6) is -1.22. The maximum atomic E-state index is 13.4. The van der Waals surface area contributed by atoms with Crippen molar-refractivity contribution in [1.29, 1.82) is 5.26 Å². The van der Waals surface area contributed by atoms with Crippen LogP contribution >= 0.6 is 15.9 Å². The van der Waals surface area contributed by atoms with Crippen LogP contribution in [0.15, 0.2) is 40.9 Å². The predicted molar refractivity (Wildman–Crippen MR) is 72.5 cm³/mol. The van der Waals surface area contributed by atoms with Crippen LogP contribution in [0.5, 0.6) is 0 Å². The van der Waals surface area contributed by atoms with E-state index in [4.69, 9.17) is 5.26 Å². The number of halogens is 3. The van der Waals surface area contributed by atoms with Gasteiger partial charge in [0, 0.05) is 22.6 Å². The van der Waals surface area contributed by atoms with Gasteiger partial charge in [0.25, 0.3) is 0 Å². The van der Waals surface area contributed by atoms with Gasteiger partial charge in [0.2, 0.25) is 0 Å². The molecule has 0 heterocycles. The number of nitriles is 1. The minimum Gasteiger partial charge on any atom is -0.380 e. The molecule has 0 aromatic heterocycles. The van der Waals surface area contributed by atoms with E-state index in [1.54, 1.807) is 18.2 Å². The van der Waals surface area contributed by atoms with E-state index in [2.05, 4.69) is 27.3 Å². The highest BCUT2D eigenvalue weighted by molar-refractivity contribution is 9.10. The molecule has 0 saturated carbocycles. The predicted octanol–water partition coefficient (Wildman–Crippen LogP) is 4.21. The molecule has 1 N–H and O–H groups in total. The van der Waals surface area contributed by atoms with Gasteiger partial charge in [-0.1, -0.05) is 22.0 Å². The first kappa shape index (κ1) is 13.5. The molecule has 0 bridgehead atoms. The van der Waals surface area contributed by atoms with E-state index < -0.39 is 11.6 Å². The van der Waals surface area contributed by atoms with Crippen molar-refractivity contribution in [3.8, 4) is 6.07 Å². The Labute approximate surface area is 117 Å². The van der Waals surface area contributed by atoms with Crippen molar-refractivity contribution in [2.24, 2.45) is 0 Å². The lowest BCUT2D eigenvalue weighted by Crippen LogP contribution is -2.03. The molecule has 5 heteroatoms. The zero-order valence-corrected chi connectivity index (χ0v) is 11.3. The first-order valence-electron chi connectivity index (χ1n) is 5.47. The topological polar surface area (TPSA) is 35.8 Å². The van der Waals surface area contributed by atoms with Gasteiger partial charge in [0.15, 0.2) is 0 Å². The van der Waals surface area contributed by atoms with Crippen LogP contribution in [0, 0.1) is 23.0 Å². The number of rotatable bonds is 3. The molecule has 0 saturated heterocycles. The molecule has 96 valence electrons. The Balaban J connectivity index is 2.17.